The van der Waals surface area contributed by atoms with Crippen LogP contribution in [-0.2, 0) is 4.79 Å². The Morgan fingerprint density at radius 1 is 1.71 bits per heavy atom. The van der Waals surface area contributed by atoms with E-state index in [1.165, 1.54) is 17.3 Å². The van der Waals surface area contributed by atoms with Gasteiger partial charge in [0.1, 0.15) is 5.04 Å². The van der Waals surface area contributed by atoms with Crippen molar-refractivity contribution in [1.29, 1.82) is 0 Å². The van der Waals surface area contributed by atoms with Gasteiger partial charge in [0.2, 0.25) is 0 Å². The third-order valence-electron chi connectivity index (χ3n) is 1.99. The number of rotatable bonds is 2. The molecular formula is C9H9NO2S2. The molecule has 0 bridgehead atoms. The van der Waals surface area contributed by atoms with Crippen LogP contribution in [0, 0.1) is 6.92 Å². The molecule has 0 saturated carbocycles. The predicted octanol–water partition coefficient (Wildman–Crippen LogP) is 2.00. The normalized spacial score (nSPS) is 20.9. The fourth-order valence-corrected chi connectivity index (χ4v) is 3.38. The van der Waals surface area contributed by atoms with E-state index in [4.69, 9.17) is 5.11 Å². The van der Waals surface area contributed by atoms with E-state index >= 15 is 0 Å². The molecule has 14 heavy (non-hydrogen) atoms. The van der Waals surface area contributed by atoms with Crippen molar-refractivity contribution in [3.8, 4) is 0 Å². The van der Waals surface area contributed by atoms with E-state index in [1.54, 1.807) is 11.3 Å². The summed E-state index contributed by atoms with van der Waals surface area (Å²) in [5, 5.41) is 11.7. The van der Waals surface area contributed by atoms with Gasteiger partial charge < -0.3 is 5.11 Å². The Kier molecular flexibility index (Phi) is 2.60. The molecule has 5 heteroatoms. The lowest BCUT2D eigenvalue weighted by atomic mass is 10.3. The Labute approximate surface area is 89.9 Å². The molecule has 2 heterocycles. The van der Waals surface area contributed by atoms with Gasteiger partial charge >= 0.3 is 5.97 Å². The molecule has 1 aromatic heterocycles. The second kappa shape index (κ2) is 3.74. The van der Waals surface area contributed by atoms with Crippen LogP contribution < -0.4 is 0 Å². The van der Waals surface area contributed by atoms with Gasteiger partial charge in [-0.05, 0) is 23.9 Å². The van der Waals surface area contributed by atoms with Crippen LogP contribution in [0.1, 0.15) is 10.4 Å². The fourth-order valence-electron chi connectivity index (χ4n) is 1.22. The van der Waals surface area contributed by atoms with Crippen molar-refractivity contribution in [2.45, 2.75) is 13.0 Å². The number of carboxylic acid groups (broad SMARTS) is 1. The SMILES string of the molecule is Cc1ccsc1C1=NC(C(=O)O)CS1. The summed E-state index contributed by atoms with van der Waals surface area (Å²) in [6, 6.07) is 1.47. The molecule has 1 aliphatic heterocycles. The molecule has 2 rings (SSSR count). The van der Waals surface area contributed by atoms with Crippen LogP contribution in [0.25, 0.3) is 0 Å². The minimum absolute atomic E-state index is 0.558. The first-order chi connectivity index (χ1) is 6.68. The highest BCUT2D eigenvalue weighted by Gasteiger charge is 2.26. The topological polar surface area (TPSA) is 49.7 Å². The molecule has 1 aliphatic rings. The maximum Gasteiger partial charge on any atom is 0.329 e. The molecule has 0 saturated heterocycles. The van der Waals surface area contributed by atoms with Gasteiger partial charge in [-0.3, -0.25) is 4.99 Å². The molecule has 1 aromatic rings. The average Bonchev–Trinajstić information content (AvgIpc) is 2.71. The highest BCUT2D eigenvalue weighted by molar-refractivity contribution is 8.15. The van der Waals surface area contributed by atoms with Crippen molar-refractivity contribution in [2.75, 3.05) is 5.75 Å². The van der Waals surface area contributed by atoms with Crippen LogP contribution >= 0.6 is 23.1 Å². The quantitative estimate of drug-likeness (QED) is 0.840. The molecule has 74 valence electrons. The van der Waals surface area contributed by atoms with E-state index in [0.717, 1.165) is 9.92 Å². The Balaban J connectivity index is 2.26. The monoisotopic (exact) mass is 227 g/mol. The van der Waals surface area contributed by atoms with Crippen molar-refractivity contribution >= 4 is 34.1 Å². The van der Waals surface area contributed by atoms with Gasteiger partial charge in [0.25, 0.3) is 0 Å². The van der Waals surface area contributed by atoms with Gasteiger partial charge in [-0.15, -0.1) is 23.1 Å². The van der Waals surface area contributed by atoms with Crippen molar-refractivity contribution in [2.24, 2.45) is 4.99 Å². The number of hydrogen-bond acceptors (Lipinski definition) is 4. The van der Waals surface area contributed by atoms with Crippen LogP contribution in [-0.4, -0.2) is 27.9 Å². The molecule has 0 radical (unpaired) electrons. The van der Waals surface area contributed by atoms with Crippen LogP contribution in [0.5, 0.6) is 0 Å². The molecule has 0 amide bonds. The zero-order valence-corrected chi connectivity index (χ0v) is 9.19. The van der Waals surface area contributed by atoms with Crippen molar-refractivity contribution in [3.63, 3.8) is 0 Å². The number of aliphatic imine (C=N–C) groups is 1. The first-order valence-corrected chi connectivity index (χ1v) is 6.03. The summed E-state index contributed by atoms with van der Waals surface area (Å²) >= 11 is 3.15. The lowest BCUT2D eigenvalue weighted by Gasteiger charge is -1.95. The number of thioether (sulfide) groups is 1. The minimum Gasteiger partial charge on any atom is -0.480 e. The predicted molar refractivity (Wildman–Crippen MR) is 59.5 cm³/mol. The lowest BCUT2D eigenvalue weighted by Crippen LogP contribution is -2.17. The lowest BCUT2D eigenvalue weighted by molar-refractivity contribution is -0.137. The Morgan fingerprint density at radius 3 is 3.00 bits per heavy atom. The number of carbonyl (C=O) groups is 1. The molecule has 0 spiro atoms. The highest BCUT2D eigenvalue weighted by Crippen LogP contribution is 2.28. The number of hydrogen-bond donors (Lipinski definition) is 1. The molecular weight excluding hydrogens is 218 g/mol. The van der Waals surface area contributed by atoms with Gasteiger partial charge in [0.15, 0.2) is 6.04 Å². The number of aryl methyl sites for hydroxylation is 1. The van der Waals surface area contributed by atoms with E-state index in [-0.39, 0.29) is 0 Å². The fraction of sp³-hybridized carbons (Fsp3) is 0.333. The first kappa shape index (κ1) is 9.73. The average molecular weight is 227 g/mol. The zero-order valence-electron chi connectivity index (χ0n) is 7.56. The number of carboxylic acids is 1. The summed E-state index contributed by atoms with van der Waals surface area (Å²) < 4.78 is 0. The van der Waals surface area contributed by atoms with E-state index < -0.39 is 12.0 Å². The van der Waals surface area contributed by atoms with E-state index in [1.807, 2.05) is 18.4 Å². The highest BCUT2D eigenvalue weighted by atomic mass is 32.2. The number of thiophene rings is 1. The van der Waals surface area contributed by atoms with Crippen molar-refractivity contribution < 1.29 is 9.90 Å². The van der Waals surface area contributed by atoms with Gasteiger partial charge in [-0.2, -0.15) is 0 Å². The molecule has 1 unspecified atom stereocenters. The van der Waals surface area contributed by atoms with Crippen LogP contribution in [0.4, 0.5) is 0 Å². The molecule has 1 atom stereocenters. The summed E-state index contributed by atoms with van der Waals surface area (Å²) in [5.74, 6) is -0.274. The summed E-state index contributed by atoms with van der Waals surface area (Å²) in [5.41, 5.74) is 1.17. The molecule has 0 aromatic carbocycles. The van der Waals surface area contributed by atoms with Crippen molar-refractivity contribution in [1.82, 2.24) is 0 Å². The summed E-state index contributed by atoms with van der Waals surface area (Å²) in [6.07, 6.45) is 0. The zero-order chi connectivity index (χ0) is 10.1. The van der Waals surface area contributed by atoms with Crippen molar-refractivity contribution in [3.05, 3.63) is 21.9 Å². The van der Waals surface area contributed by atoms with E-state index in [9.17, 15) is 4.79 Å². The van der Waals surface area contributed by atoms with Gasteiger partial charge in [0, 0.05) is 5.75 Å². The summed E-state index contributed by atoms with van der Waals surface area (Å²) in [4.78, 5) is 16.0. The molecule has 0 fully saturated rings. The third-order valence-corrected chi connectivity index (χ3v) is 4.21. The summed E-state index contributed by atoms with van der Waals surface area (Å²) in [7, 11) is 0. The van der Waals surface area contributed by atoms with Gasteiger partial charge in [0.05, 0.1) is 4.88 Å². The number of aliphatic carboxylic acids is 1. The second-order valence-corrected chi connectivity index (χ2v) is 4.96. The maximum atomic E-state index is 10.7. The summed E-state index contributed by atoms with van der Waals surface area (Å²) in [6.45, 7) is 2.02. The molecule has 1 N–H and O–H groups in total. The van der Waals surface area contributed by atoms with Gasteiger partial charge in [-0.1, -0.05) is 0 Å². The number of nitrogens with zero attached hydrogens (tertiary/aromatic N) is 1. The Hall–Kier alpha value is -0.810. The van der Waals surface area contributed by atoms with E-state index in [2.05, 4.69) is 4.99 Å². The van der Waals surface area contributed by atoms with Gasteiger partial charge in [-0.25, -0.2) is 4.79 Å². The van der Waals surface area contributed by atoms with Crippen LogP contribution in [0.15, 0.2) is 16.4 Å². The largest absolute Gasteiger partial charge is 0.480 e. The Morgan fingerprint density at radius 2 is 2.50 bits per heavy atom. The van der Waals surface area contributed by atoms with Crippen LogP contribution in [0.2, 0.25) is 0 Å². The standard InChI is InChI=1S/C9H9NO2S2/c1-5-2-3-13-7(5)8-10-6(4-14-8)9(11)12/h2-3,6H,4H2,1H3,(H,11,12). The molecule has 3 nitrogen and oxygen atoms in total. The van der Waals surface area contributed by atoms with Crippen LogP contribution in [0.3, 0.4) is 0 Å². The first-order valence-electron chi connectivity index (χ1n) is 4.16. The minimum atomic E-state index is -0.832. The molecule has 0 aliphatic carbocycles. The second-order valence-electron chi connectivity index (χ2n) is 3.03. The smallest absolute Gasteiger partial charge is 0.329 e. The maximum absolute atomic E-state index is 10.7. The van der Waals surface area contributed by atoms with E-state index in [0.29, 0.717) is 5.75 Å². The third kappa shape index (κ3) is 1.69. The Bertz CT molecular complexity index is 397.